The predicted molar refractivity (Wildman–Crippen MR) is 131 cm³/mol. The molecule has 1 atom stereocenters. The average molecular weight is 517 g/mol. The highest BCUT2D eigenvalue weighted by Crippen LogP contribution is 2.49. The van der Waals surface area contributed by atoms with Gasteiger partial charge in [-0.1, -0.05) is 44.0 Å². The molecule has 0 bridgehead atoms. The maximum atomic E-state index is 13.7. The number of hydrogen-bond donors (Lipinski definition) is 1. The van der Waals surface area contributed by atoms with Crippen LogP contribution in [0.1, 0.15) is 41.5 Å². The normalized spacial score (nSPS) is 13.5. The van der Waals surface area contributed by atoms with E-state index in [9.17, 15) is 8.96 Å². The number of rotatable bonds is 8. The Bertz CT molecular complexity index is 1200. The fourth-order valence-electron chi connectivity index (χ4n) is 3.15. The first-order valence-corrected chi connectivity index (χ1v) is 12.9. The van der Waals surface area contributed by atoms with Crippen LogP contribution in [0.2, 0.25) is 10.2 Å². The van der Waals surface area contributed by atoms with Gasteiger partial charge in [-0.3, -0.25) is 4.57 Å². The summed E-state index contributed by atoms with van der Waals surface area (Å²) in [7, 11) is -3.69. The summed E-state index contributed by atoms with van der Waals surface area (Å²) >= 11 is 13.0. The third-order valence-corrected chi connectivity index (χ3v) is 8.02. The molecule has 0 saturated carbocycles. The van der Waals surface area contributed by atoms with Crippen molar-refractivity contribution in [3.05, 3.63) is 40.4 Å². The number of anilines is 1. The van der Waals surface area contributed by atoms with Crippen LogP contribution >= 0.6 is 30.8 Å². The van der Waals surface area contributed by atoms with Crippen molar-refractivity contribution in [2.24, 2.45) is 5.41 Å². The molecular weight excluding hydrogens is 489 g/mol. The molecule has 7 nitrogen and oxygen atoms in total. The van der Waals surface area contributed by atoms with Crippen molar-refractivity contribution >= 4 is 47.6 Å². The summed E-state index contributed by atoms with van der Waals surface area (Å²) < 4.78 is 39.7. The third kappa shape index (κ3) is 5.20. The largest absolute Gasteiger partial charge is 0.366 e. The van der Waals surface area contributed by atoms with Crippen LogP contribution in [0.15, 0.2) is 24.4 Å². The van der Waals surface area contributed by atoms with E-state index in [-0.39, 0.29) is 45.8 Å². The van der Waals surface area contributed by atoms with Crippen molar-refractivity contribution in [2.75, 3.05) is 18.5 Å². The fourth-order valence-corrected chi connectivity index (χ4v) is 5.30. The minimum absolute atomic E-state index is 0.0459. The van der Waals surface area contributed by atoms with Crippen molar-refractivity contribution in [3.8, 4) is 11.1 Å². The van der Waals surface area contributed by atoms with Crippen LogP contribution in [-0.2, 0) is 13.6 Å². The minimum atomic E-state index is -3.69. The van der Waals surface area contributed by atoms with Crippen molar-refractivity contribution in [1.82, 2.24) is 14.6 Å². The monoisotopic (exact) mass is 516 g/mol. The summed E-state index contributed by atoms with van der Waals surface area (Å²) in [5.41, 5.74) is 1.03. The molecule has 33 heavy (non-hydrogen) atoms. The van der Waals surface area contributed by atoms with E-state index in [2.05, 4.69) is 36.2 Å². The summed E-state index contributed by atoms with van der Waals surface area (Å²) in [6, 6.07) is 4.00. The van der Waals surface area contributed by atoms with E-state index < -0.39 is 13.4 Å². The SMILES string of the molecule is CCOP(=O)(OCC)c1cnn2c(NC(C)C(C)(C)C)c(-c3ccc(F)cc3Cl)c(Cl)nc12. The van der Waals surface area contributed by atoms with Crippen LogP contribution < -0.4 is 10.6 Å². The summed E-state index contributed by atoms with van der Waals surface area (Å²) in [5, 5.41) is 8.36. The summed E-state index contributed by atoms with van der Waals surface area (Å²) in [6.45, 7) is 12.1. The highest BCUT2D eigenvalue weighted by atomic mass is 35.5. The standard InChI is InChI=1S/C22H28Cl2FN4O3P/c1-7-31-33(30,32-8-2)17-12-26-29-20(17)28-19(24)18(15-10-9-14(25)11-16(15)23)21(29)27-13(3)22(4,5)6/h9-13,27H,7-8H2,1-6H3. The van der Waals surface area contributed by atoms with Gasteiger partial charge in [0.15, 0.2) is 5.65 Å². The van der Waals surface area contributed by atoms with Gasteiger partial charge in [0.05, 0.1) is 30.0 Å². The van der Waals surface area contributed by atoms with Gasteiger partial charge in [0, 0.05) is 11.6 Å². The molecule has 180 valence electrons. The molecule has 0 aliphatic rings. The Hall–Kier alpha value is -1.70. The van der Waals surface area contributed by atoms with Gasteiger partial charge in [-0.25, -0.2) is 9.37 Å². The lowest BCUT2D eigenvalue weighted by Crippen LogP contribution is -2.32. The number of benzene rings is 1. The molecule has 0 spiro atoms. The fraction of sp³-hybridized carbons (Fsp3) is 0.455. The third-order valence-electron chi connectivity index (χ3n) is 5.33. The van der Waals surface area contributed by atoms with Gasteiger partial charge in [0.1, 0.15) is 22.1 Å². The van der Waals surface area contributed by atoms with E-state index in [0.29, 0.717) is 16.9 Å². The van der Waals surface area contributed by atoms with Crippen LogP contribution in [-0.4, -0.2) is 33.9 Å². The number of hydrogen-bond acceptors (Lipinski definition) is 6. The lowest BCUT2D eigenvalue weighted by molar-refractivity contribution is 0.230. The van der Waals surface area contributed by atoms with Crippen molar-refractivity contribution in [2.45, 2.75) is 47.6 Å². The zero-order valence-corrected chi connectivity index (χ0v) is 21.9. The lowest BCUT2D eigenvalue weighted by atomic mass is 9.88. The van der Waals surface area contributed by atoms with Gasteiger partial charge in [-0.2, -0.15) is 9.61 Å². The quantitative estimate of drug-likeness (QED) is 0.269. The van der Waals surface area contributed by atoms with Crippen LogP contribution in [0.5, 0.6) is 0 Å². The lowest BCUT2D eigenvalue weighted by Gasteiger charge is -2.30. The van der Waals surface area contributed by atoms with Gasteiger partial charge in [0.2, 0.25) is 0 Å². The van der Waals surface area contributed by atoms with Crippen LogP contribution in [0, 0.1) is 11.2 Å². The van der Waals surface area contributed by atoms with Crippen LogP contribution in [0.25, 0.3) is 16.8 Å². The van der Waals surface area contributed by atoms with E-state index >= 15 is 0 Å². The van der Waals surface area contributed by atoms with Gasteiger partial charge < -0.3 is 14.4 Å². The Morgan fingerprint density at radius 2 is 1.85 bits per heavy atom. The van der Waals surface area contributed by atoms with Gasteiger partial charge >= 0.3 is 7.60 Å². The molecular formula is C22H28Cl2FN4O3P. The first-order valence-electron chi connectivity index (χ1n) is 10.6. The van der Waals surface area contributed by atoms with Gasteiger partial charge in [-0.15, -0.1) is 0 Å². The molecule has 0 aliphatic carbocycles. The van der Waals surface area contributed by atoms with E-state index in [0.717, 1.165) is 0 Å². The highest BCUT2D eigenvalue weighted by molar-refractivity contribution is 7.62. The molecule has 11 heteroatoms. The molecule has 3 rings (SSSR count). The van der Waals surface area contributed by atoms with E-state index in [1.54, 1.807) is 13.8 Å². The second kappa shape index (κ2) is 9.88. The van der Waals surface area contributed by atoms with Crippen molar-refractivity contribution < 1.29 is 18.0 Å². The number of halogens is 3. The topological polar surface area (TPSA) is 77.8 Å². The molecule has 0 aliphatic heterocycles. The molecule has 0 saturated heterocycles. The molecule has 1 aromatic carbocycles. The molecule has 0 fully saturated rings. The molecule has 0 amide bonds. The van der Waals surface area contributed by atoms with E-state index in [1.165, 1.54) is 28.9 Å². The van der Waals surface area contributed by atoms with Crippen LogP contribution in [0.3, 0.4) is 0 Å². The summed E-state index contributed by atoms with van der Waals surface area (Å²) in [6.07, 6.45) is 1.41. The Morgan fingerprint density at radius 3 is 2.39 bits per heavy atom. The maximum Gasteiger partial charge on any atom is 0.366 e. The zero-order valence-electron chi connectivity index (χ0n) is 19.4. The second-order valence-corrected chi connectivity index (χ2v) is 11.3. The Morgan fingerprint density at radius 1 is 1.21 bits per heavy atom. The highest BCUT2D eigenvalue weighted by Gasteiger charge is 2.34. The second-order valence-electron chi connectivity index (χ2n) is 8.58. The van der Waals surface area contributed by atoms with Crippen LogP contribution in [0.4, 0.5) is 10.2 Å². The van der Waals surface area contributed by atoms with E-state index in [1.807, 2.05) is 6.92 Å². The van der Waals surface area contributed by atoms with Gasteiger partial charge in [0.25, 0.3) is 0 Å². The molecule has 2 heterocycles. The first-order chi connectivity index (χ1) is 15.4. The van der Waals surface area contributed by atoms with E-state index in [4.69, 9.17) is 32.2 Å². The number of nitrogens with zero attached hydrogens (tertiary/aromatic N) is 3. The Balaban J connectivity index is 2.35. The molecule has 1 unspecified atom stereocenters. The summed E-state index contributed by atoms with van der Waals surface area (Å²) in [4.78, 5) is 4.48. The first kappa shape index (κ1) is 25.9. The maximum absolute atomic E-state index is 13.7. The number of nitrogens with one attached hydrogen (secondary N) is 1. The molecule has 0 radical (unpaired) electrons. The number of fused-ring (bicyclic) bond motifs is 1. The average Bonchev–Trinajstić information content (AvgIpc) is 3.13. The predicted octanol–water partition coefficient (Wildman–Crippen LogP) is 6.58. The Labute approximate surface area is 203 Å². The van der Waals surface area contributed by atoms with Crippen molar-refractivity contribution in [3.63, 3.8) is 0 Å². The smallest absolute Gasteiger partial charge is 0.366 e. The molecule has 1 N–H and O–H groups in total. The zero-order chi connectivity index (χ0) is 24.6. The minimum Gasteiger partial charge on any atom is -0.366 e. The van der Waals surface area contributed by atoms with Gasteiger partial charge in [-0.05, 0) is 44.4 Å². The number of aromatic nitrogens is 3. The molecule has 2 aromatic heterocycles. The van der Waals surface area contributed by atoms with Crippen molar-refractivity contribution in [1.29, 1.82) is 0 Å². The Kier molecular flexibility index (Phi) is 7.76. The summed E-state index contributed by atoms with van der Waals surface area (Å²) in [5.74, 6) is 0.00829. The molecule has 3 aromatic rings.